The Morgan fingerprint density at radius 2 is 1.47 bits per heavy atom. The Labute approximate surface area is 201 Å². The molecular formula is C22H42N6O6. The van der Waals surface area contributed by atoms with Crippen LogP contribution >= 0.6 is 0 Å². The smallest absolute Gasteiger partial charge is 0.326 e. The highest BCUT2D eigenvalue weighted by molar-refractivity contribution is 5.95. The molecule has 0 bridgehead atoms. The number of primary amides is 1. The van der Waals surface area contributed by atoms with Gasteiger partial charge in [-0.2, -0.15) is 0 Å². The zero-order valence-corrected chi connectivity index (χ0v) is 20.6. The number of aliphatic carboxylic acids is 1. The molecule has 0 aromatic carbocycles. The van der Waals surface area contributed by atoms with Crippen LogP contribution in [0.2, 0.25) is 0 Å². The number of nitrogens with one attached hydrogen (secondary N) is 3. The highest BCUT2D eigenvalue weighted by Gasteiger charge is 2.33. The maximum Gasteiger partial charge on any atom is 0.326 e. The number of carboxylic acid groups (broad SMARTS) is 1. The topological polar surface area (TPSA) is 220 Å². The van der Waals surface area contributed by atoms with E-state index in [2.05, 4.69) is 16.0 Å². The van der Waals surface area contributed by atoms with E-state index in [1.54, 1.807) is 13.8 Å². The Balaban J connectivity index is 5.57. The Morgan fingerprint density at radius 3 is 1.94 bits per heavy atom. The zero-order valence-electron chi connectivity index (χ0n) is 20.6. The quantitative estimate of drug-likeness (QED) is 0.125. The standard InChI is InChI=1S/C22H42N6O6/c1-5-13(4)18(21(32)27-16(22(33)34)11-17(25)29)28-20(31)15(8-6-7-9-23)26-19(30)14(24)10-12(2)3/h12-16,18H,5-11,23-24H2,1-4H3,(H2,25,29)(H,26,30)(H,27,32)(H,28,31)(H,33,34). The van der Waals surface area contributed by atoms with Crippen molar-refractivity contribution in [1.82, 2.24) is 16.0 Å². The van der Waals surface area contributed by atoms with E-state index < -0.39 is 60.2 Å². The van der Waals surface area contributed by atoms with Gasteiger partial charge in [-0.25, -0.2) is 4.79 Å². The minimum atomic E-state index is -1.53. The summed E-state index contributed by atoms with van der Waals surface area (Å²) in [6.45, 7) is 7.80. The Kier molecular flexibility index (Phi) is 14.7. The van der Waals surface area contributed by atoms with Crippen LogP contribution < -0.4 is 33.2 Å². The van der Waals surface area contributed by atoms with Gasteiger partial charge in [0.2, 0.25) is 23.6 Å². The second kappa shape index (κ2) is 16.0. The lowest BCUT2D eigenvalue weighted by atomic mass is 9.96. The number of nitrogens with two attached hydrogens (primary N) is 3. The SMILES string of the molecule is CCC(C)C(NC(=O)C(CCCCN)NC(=O)C(N)CC(C)C)C(=O)NC(CC(N)=O)C(=O)O. The van der Waals surface area contributed by atoms with Gasteiger partial charge in [0, 0.05) is 0 Å². The molecule has 5 unspecified atom stereocenters. The van der Waals surface area contributed by atoms with Crippen molar-refractivity contribution < 1.29 is 29.1 Å². The van der Waals surface area contributed by atoms with Crippen LogP contribution in [0.15, 0.2) is 0 Å². The van der Waals surface area contributed by atoms with E-state index in [-0.39, 0.29) is 18.3 Å². The van der Waals surface area contributed by atoms with Crippen LogP contribution in [0.4, 0.5) is 0 Å². The van der Waals surface area contributed by atoms with Gasteiger partial charge in [0.25, 0.3) is 0 Å². The molecule has 10 N–H and O–H groups in total. The van der Waals surface area contributed by atoms with E-state index >= 15 is 0 Å². The van der Waals surface area contributed by atoms with Crippen molar-refractivity contribution >= 4 is 29.6 Å². The van der Waals surface area contributed by atoms with Gasteiger partial charge in [-0.05, 0) is 44.1 Å². The molecule has 0 radical (unpaired) electrons. The third-order valence-corrected chi connectivity index (χ3v) is 5.46. The maximum absolute atomic E-state index is 13.1. The fourth-order valence-electron chi connectivity index (χ4n) is 3.27. The molecule has 0 aliphatic rings. The molecule has 12 nitrogen and oxygen atoms in total. The van der Waals surface area contributed by atoms with Gasteiger partial charge in [0.15, 0.2) is 0 Å². The predicted octanol–water partition coefficient (Wildman–Crippen LogP) is -1.05. The van der Waals surface area contributed by atoms with Crippen molar-refractivity contribution in [3.05, 3.63) is 0 Å². The van der Waals surface area contributed by atoms with Crippen molar-refractivity contribution in [1.29, 1.82) is 0 Å². The first-order chi connectivity index (χ1) is 15.8. The van der Waals surface area contributed by atoms with Crippen LogP contribution in [-0.4, -0.2) is 65.4 Å². The molecule has 4 amide bonds. The Morgan fingerprint density at radius 1 is 0.882 bits per heavy atom. The summed E-state index contributed by atoms with van der Waals surface area (Å²) < 4.78 is 0. The minimum absolute atomic E-state index is 0.186. The van der Waals surface area contributed by atoms with Gasteiger partial charge < -0.3 is 38.3 Å². The minimum Gasteiger partial charge on any atom is -0.480 e. The zero-order chi connectivity index (χ0) is 26.4. The van der Waals surface area contributed by atoms with E-state index in [9.17, 15) is 29.1 Å². The largest absolute Gasteiger partial charge is 0.480 e. The molecule has 0 aromatic heterocycles. The number of carboxylic acids is 1. The first kappa shape index (κ1) is 31.3. The van der Waals surface area contributed by atoms with Gasteiger partial charge in [0.05, 0.1) is 12.5 Å². The van der Waals surface area contributed by atoms with Crippen molar-refractivity contribution in [2.24, 2.45) is 29.0 Å². The summed E-state index contributed by atoms with van der Waals surface area (Å²) in [5.74, 6) is -4.32. The fourth-order valence-corrected chi connectivity index (χ4v) is 3.27. The number of hydrogen-bond donors (Lipinski definition) is 7. The summed E-state index contributed by atoms with van der Waals surface area (Å²) in [5, 5.41) is 16.8. The average molecular weight is 487 g/mol. The van der Waals surface area contributed by atoms with E-state index in [1.165, 1.54) is 0 Å². The highest BCUT2D eigenvalue weighted by Crippen LogP contribution is 2.11. The number of hydrogen-bond acceptors (Lipinski definition) is 7. The van der Waals surface area contributed by atoms with Crippen molar-refractivity contribution in [2.45, 2.75) is 90.4 Å². The van der Waals surface area contributed by atoms with E-state index in [4.69, 9.17) is 17.2 Å². The van der Waals surface area contributed by atoms with Gasteiger partial charge in [-0.15, -0.1) is 0 Å². The summed E-state index contributed by atoms with van der Waals surface area (Å²) in [4.78, 5) is 61.0. The average Bonchev–Trinajstić information content (AvgIpc) is 2.74. The molecule has 0 saturated carbocycles. The summed E-state index contributed by atoms with van der Waals surface area (Å²) in [7, 11) is 0. The number of carbonyl (C=O) groups excluding carboxylic acids is 4. The van der Waals surface area contributed by atoms with Crippen LogP contribution in [0.3, 0.4) is 0 Å². The molecule has 5 atom stereocenters. The number of rotatable bonds is 17. The first-order valence-electron chi connectivity index (χ1n) is 11.7. The number of amides is 4. The second-order valence-electron chi connectivity index (χ2n) is 9.02. The first-order valence-corrected chi connectivity index (χ1v) is 11.7. The summed E-state index contributed by atoms with van der Waals surface area (Å²) >= 11 is 0. The van der Waals surface area contributed by atoms with Crippen LogP contribution in [-0.2, 0) is 24.0 Å². The summed E-state index contributed by atoms with van der Waals surface area (Å²) in [6, 6.07) is -4.35. The second-order valence-corrected chi connectivity index (χ2v) is 9.02. The van der Waals surface area contributed by atoms with Crippen molar-refractivity contribution in [3.8, 4) is 0 Å². The maximum atomic E-state index is 13.1. The van der Waals surface area contributed by atoms with E-state index in [1.807, 2.05) is 13.8 Å². The Hall–Kier alpha value is -2.73. The van der Waals surface area contributed by atoms with Gasteiger partial charge >= 0.3 is 5.97 Å². The van der Waals surface area contributed by atoms with E-state index in [0.29, 0.717) is 32.2 Å². The summed E-state index contributed by atoms with van der Waals surface area (Å²) in [5.41, 5.74) is 16.5. The predicted molar refractivity (Wildman–Crippen MR) is 127 cm³/mol. The molecule has 0 saturated heterocycles. The van der Waals surface area contributed by atoms with Crippen LogP contribution in [0.5, 0.6) is 0 Å². The van der Waals surface area contributed by atoms with Crippen molar-refractivity contribution in [2.75, 3.05) is 6.54 Å². The molecule has 0 rings (SSSR count). The highest BCUT2D eigenvalue weighted by atomic mass is 16.4. The van der Waals surface area contributed by atoms with Crippen LogP contribution in [0.1, 0.15) is 66.2 Å². The molecule has 0 heterocycles. The lowest BCUT2D eigenvalue weighted by Crippen LogP contribution is -2.59. The third kappa shape index (κ3) is 11.9. The molecule has 12 heteroatoms. The van der Waals surface area contributed by atoms with Crippen molar-refractivity contribution in [3.63, 3.8) is 0 Å². The van der Waals surface area contributed by atoms with E-state index in [0.717, 1.165) is 0 Å². The molecule has 0 aromatic rings. The molecule has 0 aliphatic carbocycles. The molecular weight excluding hydrogens is 444 g/mol. The number of carbonyl (C=O) groups is 5. The molecule has 196 valence electrons. The lowest BCUT2D eigenvalue weighted by molar-refractivity contribution is -0.144. The molecule has 0 fully saturated rings. The lowest BCUT2D eigenvalue weighted by Gasteiger charge is -2.28. The van der Waals surface area contributed by atoms with Crippen LogP contribution in [0, 0.1) is 11.8 Å². The van der Waals surface area contributed by atoms with Gasteiger partial charge in [-0.1, -0.05) is 34.1 Å². The molecule has 34 heavy (non-hydrogen) atoms. The molecule has 0 spiro atoms. The van der Waals surface area contributed by atoms with Crippen LogP contribution in [0.25, 0.3) is 0 Å². The number of unbranched alkanes of at least 4 members (excludes halogenated alkanes) is 1. The normalized spacial score (nSPS) is 15.5. The van der Waals surface area contributed by atoms with Gasteiger partial charge in [0.1, 0.15) is 18.1 Å². The Bertz CT molecular complexity index is 701. The monoisotopic (exact) mass is 486 g/mol. The summed E-state index contributed by atoms with van der Waals surface area (Å²) in [6.07, 6.45) is 1.84. The third-order valence-electron chi connectivity index (χ3n) is 5.46. The fraction of sp³-hybridized carbons (Fsp3) is 0.773. The molecule has 0 aliphatic heterocycles. The van der Waals surface area contributed by atoms with Gasteiger partial charge in [-0.3, -0.25) is 19.2 Å².